The highest BCUT2D eigenvalue weighted by Crippen LogP contribution is 2.40. The average Bonchev–Trinajstić information content (AvgIpc) is 3.66. The smallest absolute Gasteiger partial charge is 0.412 e. The predicted molar refractivity (Wildman–Crippen MR) is 182 cm³/mol. The topological polar surface area (TPSA) is 127 Å². The molecule has 49 heavy (non-hydrogen) atoms. The number of nitrogens with zero attached hydrogens (tertiary/aromatic N) is 4. The van der Waals surface area contributed by atoms with E-state index < -0.39 is 12.1 Å². The Balaban J connectivity index is 1.20. The highest BCUT2D eigenvalue weighted by molar-refractivity contribution is 6.24. The number of imide groups is 1. The normalized spacial score (nSPS) is 15.9. The van der Waals surface area contributed by atoms with Gasteiger partial charge in [0, 0.05) is 45.7 Å². The van der Waals surface area contributed by atoms with Crippen molar-refractivity contribution in [1.29, 1.82) is 0 Å². The second kappa shape index (κ2) is 14.8. The molecule has 12 heteroatoms. The van der Waals surface area contributed by atoms with E-state index in [1.807, 2.05) is 24.3 Å². The van der Waals surface area contributed by atoms with Gasteiger partial charge in [0.15, 0.2) is 23.0 Å². The number of piperazine rings is 1. The first kappa shape index (κ1) is 33.5. The predicted octanol–water partition coefficient (Wildman–Crippen LogP) is 5.79. The largest absolute Gasteiger partial charge is 0.493 e. The first-order chi connectivity index (χ1) is 23.8. The molecular formula is C37H41N5O7. The Hall–Kier alpha value is -5.36. The van der Waals surface area contributed by atoms with Crippen LogP contribution >= 0.6 is 0 Å². The van der Waals surface area contributed by atoms with E-state index in [1.165, 1.54) is 23.8 Å². The van der Waals surface area contributed by atoms with Crippen molar-refractivity contribution in [2.45, 2.75) is 38.8 Å². The lowest BCUT2D eigenvalue weighted by Crippen LogP contribution is -2.47. The number of nitrogens with one attached hydrogen (secondary N) is 1. The van der Waals surface area contributed by atoms with E-state index in [0.717, 1.165) is 31.9 Å². The summed E-state index contributed by atoms with van der Waals surface area (Å²) in [5, 5.41) is 6.34. The molecule has 0 bridgehead atoms. The van der Waals surface area contributed by atoms with Gasteiger partial charge in [0.1, 0.15) is 6.20 Å². The zero-order chi connectivity index (χ0) is 34.5. The van der Waals surface area contributed by atoms with Gasteiger partial charge in [0.2, 0.25) is 0 Å². The third-order valence-corrected chi connectivity index (χ3v) is 9.35. The molecule has 1 fully saturated rings. The number of hydrogen-bond acceptors (Lipinski definition) is 10. The molecule has 0 spiro atoms. The minimum Gasteiger partial charge on any atom is -0.493 e. The van der Waals surface area contributed by atoms with Crippen LogP contribution in [0.25, 0.3) is 0 Å². The summed E-state index contributed by atoms with van der Waals surface area (Å²) in [6.07, 6.45) is 1.49. The maximum atomic E-state index is 14.4. The lowest BCUT2D eigenvalue weighted by atomic mass is 9.99. The number of methoxy groups -OCH3 is 2. The molecule has 0 radical (unpaired) electrons. The zero-order valence-electron chi connectivity index (χ0n) is 28.2. The Labute approximate surface area is 285 Å². The third-order valence-electron chi connectivity index (χ3n) is 9.35. The maximum absolute atomic E-state index is 14.4. The number of fused-ring (bicyclic) bond motifs is 1. The quantitative estimate of drug-likeness (QED) is 0.147. The van der Waals surface area contributed by atoms with Crippen LogP contribution in [0.2, 0.25) is 0 Å². The van der Waals surface area contributed by atoms with Crippen LogP contribution in [0.4, 0.5) is 10.5 Å². The van der Waals surface area contributed by atoms with Crippen LogP contribution < -0.4 is 24.4 Å². The number of aromatic nitrogens is 1. The van der Waals surface area contributed by atoms with Crippen LogP contribution in [-0.4, -0.2) is 79.8 Å². The molecule has 2 aliphatic heterocycles. The number of carbonyl (C=O) groups excluding carboxylic acids is 3. The molecule has 256 valence electrons. The van der Waals surface area contributed by atoms with Crippen molar-refractivity contribution >= 4 is 23.6 Å². The molecule has 1 saturated heterocycles. The highest BCUT2D eigenvalue weighted by Gasteiger charge is 2.43. The van der Waals surface area contributed by atoms with Crippen LogP contribution in [0.1, 0.15) is 69.5 Å². The van der Waals surface area contributed by atoms with Gasteiger partial charge in [-0.1, -0.05) is 47.6 Å². The molecule has 3 heterocycles. The molecule has 6 rings (SSSR count). The summed E-state index contributed by atoms with van der Waals surface area (Å²) < 4.78 is 21.2. The number of ether oxygens (including phenoxy) is 3. The minimum absolute atomic E-state index is 0.231. The number of carbonyl (C=O) groups is 3. The van der Waals surface area contributed by atoms with Gasteiger partial charge < -0.3 is 29.0 Å². The molecule has 4 aromatic rings. The Bertz CT molecular complexity index is 1800. The number of rotatable bonds is 12. The number of anilines is 1. The summed E-state index contributed by atoms with van der Waals surface area (Å²) in [5.74, 6) is 0.936. The molecule has 3 amide bonds. The summed E-state index contributed by atoms with van der Waals surface area (Å²) in [5.41, 5.74) is 3.56. The van der Waals surface area contributed by atoms with Crippen molar-refractivity contribution in [2.24, 2.45) is 0 Å². The van der Waals surface area contributed by atoms with Crippen molar-refractivity contribution < 1.29 is 33.1 Å². The highest BCUT2D eigenvalue weighted by atomic mass is 16.6. The number of benzene rings is 3. The molecule has 0 aliphatic carbocycles. The molecule has 12 nitrogen and oxygen atoms in total. The van der Waals surface area contributed by atoms with Crippen molar-refractivity contribution in [2.75, 3.05) is 51.8 Å². The Morgan fingerprint density at radius 3 is 2.35 bits per heavy atom. The fraction of sp³-hybridized carbons (Fsp3) is 0.351. The van der Waals surface area contributed by atoms with E-state index in [9.17, 15) is 14.4 Å². The van der Waals surface area contributed by atoms with E-state index in [4.69, 9.17) is 18.7 Å². The van der Waals surface area contributed by atoms with Gasteiger partial charge >= 0.3 is 6.09 Å². The van der Waals surface area contributed by atoms with E-state index in [2.05, 4.69) is 51.5 Å². The summed E-state index contributed by atoms with van der Waals surface area (Å²) in [6, 6.07) is 21.0. The molecule has 2 aliphatic rings. The van der Waals surface area contributed by atoms with Crippen molar-refractivity contribution in [3.05, 3.63) is 101 Å². The summed E-state index contributed by atoms with van der Waals surface area (Å²) in [7, 11) is 3.09. The van der Waals surface area contributed by atoms with E-state index in [-0.39, 0.29) is 30.2 Å². The van der Waals surface area contributed by atoms with Gasteiger partial charge in [-0.3, -0.25) is 19.4 Å². The van der Waals surface area contributed by atoms with Gasteiger partial charge in [0.25, 0.3) is 11.8 Å². The van der Waals surface area contributed by atoms with Crippen LogP contribution in [0, 0.1) is 6.92 Å². The van der Waals surface area contributed by atoms with Crippen LogP contribution in [-0.2, 0) is 0 Å². The van der Waals surface area contributed by atoms with Crippen molar-refractivity contribution in [1.82, 2.24) is 20.3 Å². The lowest BCUT2D eigenvalue weighted by Gasteiger charge is -2.39. The molecule has 1 aromatic heterocycles. The van der Waals surface area contributed by atoms with Crippen LogP contribution in [0.15, 0.2) is 77.4 Å². The Kier molecular flexibility index (Phi) is 10.1. The Morgan fingerprint density at radius 1 is 0.898 bits per heavy atom. The number of amides is 3. The standard InChI is InChI=1S/C37H41N5O7/c1-24(26-10-6-5-7-11-26)40-18-20-41(21-19-40)30-13-8-12-28-34(30)36(44)42(35(28)43)29(27-15-16-31(46-3)32(22-27)47-4)14-9-17-38-37(45)48-33-23-39-49-25(33)2/h5-8,10-13,15-16,22-24,29H,9,14,17-21H2,1-4H3,(H,38,45)/t24-,29-/m1/s1. The summed E-state index contributed by atoms with van der Waals surface area (Å²) >= 11 is 0. The molecule has 0 saturated carbocycles. The minimum atomic E-state index is -0.655. The van der Waals surface area contributed by atoms with Gasteiger partial charge in [-0.15, -0.1) is 0 Å². The lowest BCUT2D eigenvalue weighted by molar-refractivity contribution is 0.0571. The van der Waals surface area contributed by atoms with Gasteiger partial charge in [-0.2, -0.15) is 0 Å². The van der Waals surface area contributed by atoms with E-state index in [0.29, 0.717) is 46.8 Å². The van der Waals surface area contributed by atoms with Crippen molar-refractivity contribution in [3.63, 3.8) is 0 Å². The maximum Gasteiger partial charge on any atom is 0.412 e. The fourth-order valence-corrected chi connectivity index (χ4v) is 6.64. The summed E-state index contributed by atoms with van der Waals surface area (Å²) in [6.45, 7) is 7.21. The third kappa shape index (κ3) is 6.95. The average molecular weight is 668 g/mol. The number of hydrogen-bond donors (Lipinski definition) is 1. The van der Waals surface area contributed by atoms with Crippen LogP contribution in [0.3, 0.4) is 0 Å². The molecule has 2 atom stereocenters. The van der Waals surface area contributed by atoms with Gasteiger partial charge in [0.05, 0.1) is 37.1 Å². The fourth-order valence-electron chi connectivity index (χ4n) is 6.64. The number of aryl methyl sites for hydroxylation is 1. The Morgan fingerprint density at radius 2 is 1.65 bits per heavy atom. The second-order valence-corrected chi connectivity index (χ2v) is 12.1. The molecule has 0 unspecified atom stereocenters. The summed E-state index contributed by atoms with van der Waals surface area (Å²) in [4.78, 5) is 46.9. The van der Waals surface area contributed by atoms with E-state index in [1.54, 1.807) is 32.2 Å². The van der Waals surface area contributed by atoms with Crippen molar-refractivity contribution in [3.8, 4) is 17.2 Å². The second-order valence-electron chi connectivity index (χ2n) is 12.1. The van der Waals surface area contributed by atoms with Gasteiger partial charge in [-0.05, 0) is 55.2 Å². The first-order valence-electron chi connectivity index (χ1n) is 16.4. The SMILES string of the molecule is COc1ccc([C@@H](CCCNC(=O)Oc2cnoc2C)N2C(=O)c3cccc(N4CCN([C@H](C)c5ccccc5)CC4)c3C2=O)cc1OC. The molecule has 3 aromatic carbocycles. The zero-order valence-corrected chi connectivity index (χ0v) is 28.2. The monoisotopic (exact) mass is 667 g/mol. The molecule has 1 N–H and O–H groups in total. The van der Waals surface area contributed by atoms with Crippen LogP contribution in [0.5, 0.6) is 17.2 Å². The molecular weight excluding hydrogens is 626 g/mol. The first-order valence-corrected chi connectivity index (χ1v) is 16.4. The van der Waals surface area contributed by atoms with E-state index >= 15 is 0 Å². The van der Waals surface area contributed by atoms with Gasteiger partial charge in [-0.25, -0.2) is 4.79 Å².